The SMILES string of the molecule is Cc1ncc(C(=O)O)cc1Nc1nn(C)c2nc(Nc3ccnc(N4CCN(CCO)CC4)c3)ncc12. The van der Waals surface area contributed by atoms with Crippen LogP contribution in [0.25, 0.3) is 11.0 Å². The van der Waals surface area contributed by atoms with Gasteiger partial charge in [0.1, 0.15) is 5.82 Å². The van der Waals surface area contributed by atoms with E-state index in [1.54, 1.807) is 31.0 Å². The Morgan fingerprint density at radius 1 is 1.08 bits per heavy atom. The number of aliphatic hydroxyl groups excluding tert-OH is 1. The fourth-order valence-electron chi connectivity index (χ4n) is 4.23. The summed E-state index contributed by atoms with van der Waals surface area (Å²) in [6, 6.07) is 5.35. The summed E-state index contributed by atoms with van der Waals surface area (Å²) in [6.45, 7) is 6.10. The van der Waals surface area contributed by atoms with Crippen LogP contribution in [-0.4, -0.2) is 90.1 Å². The van der Waals surface area contributed by atoms with Crippen LogP contribution in [-0.2, 0) is 7.05 Å². The third kappa shape index (κ3) is 5.27. The number of rotatable bonds is 8. The summed E-state index contributed by atoms with van der Waals surface area (Å²) >= 11 is 0. The Labute approximate surface area is 212 Å². The molecule has 0 aliphatic carbocycles. The van der Waals surface area contributed by atoms with Crippen LogP contribution in [0.3, 0.4) is 0 Å². The summed E-state index contributed by atoms with van der Waals surface area (Å²) in [4.78, 5) is 33.6. The average molecular weight is 505 g/mol. The van der Waals surface area contributed by atoms with Crippen molar-refractivity contribution < 1.29 is 15.0 Å². The number of aromatic carboxylic acids is 1. The van der Waals surface area contributed by atoms with Crippen LogP contribution in [0.1, 0.15) is 16.1 Å². The average Bonchev–Trinajstić information content (AvgIpc) is 3.20. The minimum absolute atomic E-state index is 0.0832. The van der Waals surface area contributed by atoms with Crippen molar-refractivity contribution in [2.75, 3.05) is 54.9 Å². The van der Waals surface area contributed by atoms with E-state index in [2.05, 4.69) is 45.5 Å². The number of hydrogen-bond donors (Lipinski definition) is 4. The number of carbonyl (C=O) groups is 1. The summed E-state index contributed by atoms with van der Waals surface area (Å²) in [5.74, 6) is 0.735. The Hall–Kier alpha value is -4.36. The number of aromatic nitrogens is 6. The van der Waals surface area contributed by atoms with Gasteiger partial charge < -0.3 is 25.7 Å². The van der Waals surface area contributed by atoms with Crippen molar-refractivity contribution in [2.45, 2.75) is 6.92 Å². The Morgan fingerprint density at radius 2 is 1.89 bits per heavy atom. The lowest BCUT2D eigenvalue weighted by Crippen LogP contribution is -2.47. The highest BCUT2D eigenvalue weighted by Crippen LogP contribution is 2.27. The Balaban J connectivity index is 1.33. The normalized spacial score (nSPS) is 14.2. The van der Waals surface area contributed by atoms with Crippen LogP contribution in [0.5, 0.6) is 0 Å². The number of anilines is 5. The molecule has 13 nitrogen and oxygen atoms in total. The molecule has 37 heavy (non-hydrogen) atoms. The summed E-state index contributed by atoms with van der Waals surface area (Å²) < 4.78 is 1.64. The fraction of sp³-hybridized carbons (Fsp3) is 0.333. The molecule has 4 aromatic heterocycles. The van der Waals surface area contributed by atoms with E-state index < -0.39 is 5.97 Å². The lowest BCUT2D eigenvalue weighted by Gasteiger charge is -2.35. The molecule has 0 unspecified atom stereocenters. The van der Waals surface area contributed by atoms with E-state index in [1.165, 1.54) is 12.3 Å². The quantitative estimate of drug-likeness (QED) is 0.276. The van der Waals surface area contributed by atoms with Gasteiger partial charge in [0.2, 0.25) is 5.95 Å². The molecule has 0 amide bonds. The summed E-state index contributed by atoms with van der Waals surface area (Å²) in [5, 5.41) is 30.0. The molecule has 1 fully saturated rings. The van der Waals surface area contributed by atoms with Crippen molar-refractivity contribution in [3.05, 3.63) is 48.0 Å². The number of nitrogens with one attached hydrogen (secondary N) is 2. The second-order valence-electron chi connectivity index (χ2n) is 8.77. The first-order chi connectivity index (χ1) is 17.9. The van der Waals surface area contributed by atoms with Crippen molar-refractivity contribution in [3.8, 4) is 0 Å². The number of carboxylic acid groups (broad SMARTS) is 1. The van der Waals surface area contributed by atoms with Gasteiger partial charge in [-0.1, -0.05) is 0 Å². The van der Waals surface area contributed by atoms with Crippen LogP contribution in [0, 0.1) is 6.92 Å². The predicted octanol–water partition coefficient (Wildman–Crippen LogP) is 1.76. The number of β-amino-alcohol motifs (C(OH)–C–C–N with tert-alkyl or cyclic N) is 1. The number of hydrogen-bond acceptors (Lipinski definition) is 11. The molecule has 5 heterocycles. The van der Waals surface area contributed by atoms with Gasteiger partial charge in [-0.05, 0) is 19.1 Å². The van der Waals surface area contributed by atoms with Gasteiger partial charge in [0.05, 0.1) is 28.9 Å². The first kappa shape index (κ1) is 24.3. The number of piperazine rings is 1. The van der Waals surface area contributed by atoms with E-state index in [1.807, 2.05) is 12.1 Å². The monoisotopic (exact) mass is 504 g/mol. The Morgan fingerprint density at radius 3 is 2.65 bits per heavy atom. The summed E-state index contributed by atoms with van der Waals surface area (Å²) in [5.41, 5.74) is 2.69. The summed E-state index contributed by atoms with van der Waals surface area (Å²) in [6.07, 6.45) is 4.75. The van der Waals surface area contributed by atoms with Gasteiger partial charge in [-0.15, -0.1) is 0 Å². The van der Waals surface area contributed by atoms with E-state index in [9.17, 15) is 9.90 Å². The largest absolute Gasteiger partial charge is 0.478 e. The first-order valence-electron chi connectivity index (χ1n) is 11.9. The Bertz CT molecular complexity index is 1430. The Kier molecular flexibility index (Phi) is 6.79. The molecule has 0 radical (unpaired) electrons. The maximum atomic E-state index is 11.3. The molecular weight excluding hydrogens is 476 g/mol. The minimum Gasteiger partial charge on any atom is -0.478 e. The first-order valence-corrected chi connectivity index (χ1v) is 11.9. The zero-order valence-electron chi connectivity index (χ0n) is 20.6. The maximum Gasteiger partial charge on any atom is 0.337 e. The van der Waals surface area contributed by atoms with Crippen molar-refractivity contribution in [2.24, 2.45) is 7.05 Å². The van der Waals surface area contributed by atoms with Gasteiger partial charge in [0, 0.05) is 70.1 Å². The molecule has 1 aliphatic rings. The molecule has 0 spiro atoms. The molecule has 1 aliphatic heterocycles. The van der Waals surface area contributed by atoms with Crippen LogP contribution >= 0.6 is 0 Å². The number of aliphatic hydroxyl groups is 1. The zero-order valence-corrected chi connectivity index (χ0v) is 20.6. The highest BCUT2D eigenvalue weighted by Gasteiger charge is 2.18. The molecule has 4 aromatic rings. The van der Waals surface area contributed by atoms with Gasteiger partial charge in [0.15, 0.2) is 11.5 Å². The second kappa shape index (κ2) is 10.3. The molecule has 1 saturated heterocycles. The third-order valence-electron chi connectivity index (χ3n) is 6.28. The predicted molar refractivity (Wildman–Crippen MR) is 139 cm³/mol. The standard InChI is InChI=1S/C24H28N10O3/c1-15-19(11-16(13-26-15)23(36)37)29-21-18-14-27-24(30-22(18)32(2)31-21)28-17-3-4-25-20(12-17)34-7-5-33(6-8-34)9-10-35/h3-4,11-14,35H,5-10H2,1-2H3,(H,29,31)(H,36,37)(H,25,27,28,30). The zero-order chi connectivity index (χ0) is 25.9. The number of fused-ring (bicyclic) bond motifs is 1. The van der Waals surface area contributed by atoms with Crippen LogP contribution in [0.2, 0.25) is 0 Å². The number of carboxylic acids is 1. The van der Waals surface area contributed by atoms with E-state index in [4.69, 9.17) is 5.11 Å². The van der Waals surface area contributed by atoms with Crippen molar-refractivity contribution in [1.82, 2.24) is 34.6 Å². The van der Waals surface area contributed by atoms with Crippen LogP contribution < -0.4 is 15.5 Å². The second-order valence-corrected chi connectivity index (χ2v) is 8.77. The number of pyridine rings is 2. The molecule has 13 heteroatoms. The highest BCUT2D eigenvalue weighted by atomic mass is 16.4. The van der Waals surface area contributed by atoms with Gasteiger partial charge >= 0.3 is 5.97 Å². The topological polar surface area (TPSA) is 157 Å². The van der Waals surface area contributed by atoms with Gasteiger partial charge in [-0.3, -0.25) is 9.88 Å². The molecule has 5 rings (SSSR count). The van der Waals surface area contributed by atoms with Crippen molar-refractivity contribution in [1.29, 1.82) is 0 Å². The van der Waals surface area contributed by atoms with Gasteiger partial charge in [-0.25, -0.2) is 19.4 Å². The highest BCUT2D eigenvalue weighted by molar-refractivity contribution is 5.92. The van der Waals surface area contributed by atoms with E-state index >= 15 is 0 Å². The van der Waals surface area contributed by atoms with Crippen molar-refractivity contribution in [3.63, 3.8) is 0 Å². The molecule has 0 bridgehead atoms. The molecule has 192 valence electrons. The lowest BCUT2D eigenvalue weighted by atomic mass is 10.2. The van der Waals surface area contributed by atoms with E-state index in [-0.39, 0.29) is 12.2 Å². The molecule has 0 aromatic carbocycles. The summed E-state index contributed by atoms with van der Waals surface area (Å²) in [7, 11) is 1.78. The van der Waals surface area contributed by atoms with Crippen molar-refractivity contribution >= 4 is 46.0 Å². The number of aryl methyl sites for hydroxylation is 2. The minimum atomic E-state index is -1.05. The molecule has 4 N–H and O–H groups in total. The van der Waals surface area contributed by atoms with Gasteiger partial charge in [-0.2, -0.15) is 10.1 Å². The smallest absolute Gasteiger partial charge is 0.337 e. The fourth-order valence-corrected chi connectivity index (χ4v) is 4.23. The lowest BCUT2D eigenvalue weighted by molar-refractivity contribution is 0.0696. The van der Waals surface area contributed by atoms with E-state index in [0.717, 1.165) is 37.7 Å². The molecular formula is C24H28N10O3. The van der Waals surface area contributed by atoms with Crippen LogP contribution in [0.15, 0.2) is 36.8 Å². The molecule has 0 atom stereocenters. The van der Waals surface area contributed by atoms with Gasteiger partial charge in [0.25, 0.3) is 0 Å². The van der Waals surface area contributed by atoms with E-state index in [0.29, 0.717) is 40.7 Å². The third-order valence-corrected chi connectivity index (χ3v) is 6.28. The maximum absolute atomic E-state index is 11.3. The van der Waals surface area contributed by atoms with Crippen LogP contribution in [0.4, 0.5) is 29.0 Å². The number of nitrogens with zero attached hydrogens (tertiary/aromatic N) is 8. The molecule has 0 saturated carbocycles.